The number of thiazole rings is 1. The third-order valence-electron chi connectivity index (χ3n) is 4.01. The molecule has 3 nitrogen and oxygen atoms in total. The molecule has 1 atom stereocenters. The number of hydrogen-bond donors (Lipinski definition) is 1. The zero-order valence-electron chi connectivity index (χ0n) is 11.2. The van der Waals surface area contributed by atoms with Crippen molar-refractivity contribution >= 4 is 28.1 Å². The van der Waals surface area contributed by atoms with Gasteiger partial charge in [0.25, 0.3) is 0 Å². The SMILES string of the molecule is O=C(O)C1CCc2sc(-c3ccc4ccccc4c3)nc21. The lowest BCUT2D eigenvalue weighted by Gasteiger charge is -2.03. The predicted molar refractivity (Wildman–Crippen MR) is 83.8 cm³/mol. The molecule has 0 saturated carbocycles. The molecular formula is C17H13NO2S. The zero-order chi connectivity index (χ0) is 14.4. The highest BCUT2D eigenvalue weighted by molar-refractivity contribution is 7.15. The van der Waals surface area contributed by atoms with Gasteiger partial charge in [-0.3, -0.25) is 4.79 Å². The van der Waals surface area contributed by atoms with Crippen LogP contribution >= 0.6 is 11.3 Å². The van der Waals surface area contributed by atoms with Gasteiger partial charge in [0, 0.05) is 10.4 Å². The molecule has 1 aromatic heterocycles. The normalized spacial score (nSPS) is 17.0. The molecule has 2 aromatic carbocycles. The summed E-state index contributed by atoms with van der Waals surface area (Å²) in [5.74, 6) is -1.19. The Kier molecular flexibility index (Phi) is 2.79. The third-order valence-corrected chi connectivity index (χ3v) is 5.19. The second-order valence-electron chi connectivity index (χ2n) is 5.32. The molecule has 0 bridgehead atoms. The number of carbonyl (C=O) groups is 1. The number of nitrogens with zero attached hydrogens (tertiary/aromatic N) is 1. The smallest absolute Gasteiger partial charge is 0.312 e. The van der Waals surface area contributed by atoms with E-state index in [2.05, 4.69) is 35.3 Å². The van der Waals surface area contributed by atoms with Crippen LogP contribution in [0.1, 0.15) is 22.9 Å². The molecule has 1 N–H and O–H groups in total. The maximum absolute atomic E-state index is 11.2. The van der Waals surface area contributed by atoms with E-state index in [0.29, 0.717) is 6.42 Å². The Hall–Kier alpha value is -2.20. The average molecular weight is 295 g/mol. The first-order chi connectivity index (χ1) is 10.2. The first-order valence-electron chi connectivity index (χ1n) is 6.94. The van der Waals surface area contributed by atoms with Crippen molar-refractivity contribution in [2.24, 2.45) is 0 Å². The summed E-state index contributed by atoms with van der Waals surface area (Å²) in [5, 5.41) is 12.6. The van der Waals surface area contributed by atoms with Crippen molar-refractivity contribution < 1.29 is 9.90 Å². The van der Waals surface area contributed by atoms with Crippen LogP contribution in [0.15, 0.2) is 42.5 Å². The van der Waals surface area contributed by atoms with Crippen LogP contribution in [-0.4, -0.2) is 16.1 Å². The molecular weight excluding hydrogens is 282 g/mol. The molecule has 21 heavy (non-hydrogen) atoms. The van der Waals surface area contributed by atoms with Crippen LogP contribution in [0.2, 0.25) is 0 Å². The van der Waals surface area contributed by atoms with Crippen LogP contribution in [0.4, 0.5) is 0 Å². The van der Waals surface area contributed by atoms with Gasteiger partial charge in [-0.25, -0.2) is 4.98 Å². The van der Waals surface area contributed by atoms with Gasteiger partial charge in [0.2, 0.25) is 0 Å². The number of hydrogen-bond acceptors (Lipinski definition) is 3. The van der Waals surface area contributed by atoms with Crippen molar-refractivity contribution in [3.05, 3.63) is 53.0 Å². The van der Waals surface area contributed by atoms with Gasteiger partial charge in [0.05, 0.1) is 5.69 Å². The number of carboxylic acid groups (broad SMARTS) is 1. The summed E-state index contributed by atoms with van der Waals surface area (Å²) in [6, 6.07) is 14.5. The van der Waals surface area contributed by atoms with Gasteiger partial charge in [-0.05, 0) is 29.7 Å². The topological polar surface area (TPSA) is 50.2 Å². The van der Waals surface area contributed by atoms with Crippen LogP contribution in [-0.2, 0) is 11.2 Å². The Morgan fingerprint density at radius 1 is 1.19 bits per heavy atom. The molecule has 4 heteroatoms. The molecule has 1 heterocycles. The van der Waals surface area contributed by atoms with Gasteiger partial charge in [-0.1, -0.05) is 36.4 Å². The highest BCUT2D eigenvalue weighted by Gasteiger charge is 2.32. The second kappa shape index (κ2) is 4.67. The Morgan fingerprint density at radius 3 is 2.81 bits per heavy atom. The Balaban J connectivity index is 1.79. The first kappa shape index (κ1) is 12.5. The summed E-state index contributed by atoms with van der Waals surface area (Å²) in [6.45, 7) is 0. The van der Waals surface area contributed by atoms with Gasteiger partial charge in [-0.2, -0.15) is 0 Å². The predicted octanol–water partition coefficient (Wildman–Crippen LogP) is 4.08. The van der Waals surface area contributed by atoms with E-state index < -0.39 is 11.9 Å². The van der Waals surface area contributed by atoms with Crippen LogP contribution in [0.5, 0.6) is 0 Å². The minimum absolute atomic E-state index is 0.426. The van der Waals surface area contributed by atoms with Gasteiger partial charge >= 0.3 is 5.97 Å². The van der Waals surface area contributed by atoms with E-state index >= 15 is 0 Å². The second-order valence-corrected chi connectivity index (χ2v) is 6.40. The molecule has 1 unspecified atom stereocenters. The van der Waals surface area contributed by atoms with Crippen molar-refractivity contribution in [1.29, 1.82) is 0 Å². The molecule has 0 aliphatic heterocycles. The zero-order valence-corrected chi connectivity index (χ0v) is 12.1. The summed E-state index contributed by atoms with van der Waals surface area (Å²) in [7, 11) is 0. The maximum Gasteiger partial charge on any atom is 0.312 e. The number of aromatic nitrogens is 1. The number of aryl methyl sites for hydroxylation is 1. The van der Waals surface area contributed by atoms with Gasteiger partial charge in [0.1, 0.15) is 10.9 Å². The monoisotopic (exact) mass is 295 g/mol. The molecule has 0 amide bonds. The summed E-state index contributed by atoms with van der Waals surface area (Å²) in [6.07, 6.45) is 1.51. The number of carboxylic acids is 1. The summed E-state index contributed by atoms with van der Waals surface area (Å²) >= 11 is 1.63. The van der Waals surface area contributed by atoms with E-state index in [4.69, 9.17) is 0 Å². The Morgan fingerprint density at radius 2 is 2.00 bits per heavy atom. The first-order valence-corrected chi connectivity index (χ1v) is 7.75. The fraction of sp³-hybridized carbons (Fsp3) is 0.176. The Bertz CT molecular complexity index is 853. The lowest BCUT2D eigenvalue weighted by molar-refractivity contribution is -0.138. The molecule has 0 radical (unpaired) electrons. The van der Waals surface area contributed by atoms with Crippen molar-refractivity contribution in [3.8, 4) is 10.6 Å². The maximum atomic E-state index is 11.2. The molecule has 4 rings (SSSR count). The fourth-order valence-corrected chi connectivity index (χ4v) is 4.05. The molecule has 1 aliphatic carbocycles. The van der Waals surface area contributed by atoms with Crippen LogP contribution in [0, 0.1) is 0 Å². The fourth-order valence-electron chi connectivity index (χ4n) is 2.91. The molecule has 104 valence electrons. The number of rotatable bonds is 2. The Labute approximate surface area is 125 Å². The van der Waals surface area contributed by atoms with Crippen LogP contribution < -0.4 is 0 Å². The van der Waals surface area contributed by atoms with Gasteiger partial charge in [-0.15, -0.1) is 11.3 Å². The molecule has 3 aromatic rings. The molecule has 0 fully saturated rings. The highest BCUT2D eigenvalue weighted by Crippen LogP contribution is 2.40. The number of benzene rings is 2. The van der Waals surface area contributed by atoms with Gasteiger partial charge in [0.15, 0.2) is 0 Å². The van der Waals surface area contributed by atoms with Crippen LogP contribution in [0.3, 0.4) is 0 Å². The van der Waals surface area contributed by atoms with Crippen molar-refractivity contribution in [2.75, 3.05) is 0 Å². The number of fused-ring (bicyclic) bond motifs is 2. The average Bonchev–Trinajstić information content (AvgIpc) is 3.06. The van der Waals surface area contributed by atoms with E-state index in [0.717, 1.165) is 27.6 Å². The van der Waals surface area contributed by atoms with E-state index in [1.807, 2.05) is 12.1 Å². The minimum Gasteiger partial charge on any atom is -0.481 e. The van der Waals surface area contributed by atoms with E-state index in [-0.39, 0.29) is 0 Å². The minimum atomic E-state index is -0.760. The van der Waals surface area contributed by atoms with E-state index in [1.54, 1.807) is 11.3 Å². The number of aliphatic carboxylic acids is 1. The molecule has 0 saturated heterocycles. The summed E-state index contributed by atoms with van der Waals surface area (Å²) < 4.78 is 0. The van der Waals surface area contributed by atoms with E-state index in [9.17, 15) is 9.90 Å². The quantitative estimate of drug-likeness (QED) is 0.775. The largest absolute Gasteiger partial charge is 0.481 e. The lowest BCUT2D eigenvalue weighted by Crippen LogP contribution is -2.08. The summed E-state index contributed by atoms with van der Waals surface area (Å²) in [5.41, 5.74) is 1.84. The van der Waals surface area contributed by atoms with E-state index in [1.165, 1.54) is 10.8 Å². The van der Waals surface area contributed by atoms with Crippen molar-refractivity contribution in [3.63, 3.8) is 0 Å². The van der Waals surface area contributed by atoms with Crippen molar-refractivity contribution in [1.82, 2.24) is 4.98 Å². The molecule has 0 spiro atoms. The van der Waals surface area contributed by atoms with Gasteiger partial charge < -0.3 is 5.11 Å². The summed E-state index contributed by atoms with van der Waals surface area (Å²) in [4.78, 5) is 17.0. The lowest BCUT2D eigenvalue weighted by atomic mass is 10.1. The van der Waals surface area contributed by atoms with Crippen LogP contribution in [0.25, 0.3) is 21.3 Å². The molecule has 1 aliphatic rings. The van der Waals surface area contributed by atoms with Crippen molar-refractivity contribution in [2.45, 2.75) is 18.8 Å². The third kappa shape index (κ3) is 2.03. The standard InChI is InChI=1S/C17H13NO2S/c19-17(20)13-7-8-14-15(13)18-16(21-14)12-6-5-10-3-1-2-4-11(10)9-12/h1-6,9,13H,7-8H2,(H,19,20). The highest BCUT2D eigenvalue weighted by atomic mass is 32.1.